The van der Waals surface area contributed by atoms with E-state index >= 15 is 0 Å². The van der Waals surface area contributed by atoms with Crippen LogP contribution in [0.25, 0.3) is 5.57 Å². The number of imide groups is 2. The average molecular weight is 527 g/mol. The van der Waals surface area contributed by atoms with Crippen molar-refractivity contribution in [2.75, 3.05) is 9.80 Å². The third-order valence-electron chi connectivity index (χ3n) is 9.66. The van der Waals surface area contributed by atoms with Gasteiger partial charge in [0, 0.05) is 11.8 Å². The van der Waals surface area contributed by atoms with Gasteiger partial charge in [-0.2, -0.15) is 0 Å². The molecule has 40 heavy (non-hydrogen) atoms. The van der Waals surface area contributed by atoms with Gasteiger partial charge in [-0.15, -0.1) is 0 Å². The summed E-state index contributed by atoms with van der Waals surface area (Å²) in [6.45, 7) is 0. The zero-order valence-electron chi connectivity index (χ0n) is 21.6. The van der Waals surface area contributed by atoms with Crippen LogP contribution in [0, 0.1) is 41.4 Å². The molecule has 2 saturated heterocycles. The van der Waals surface area contributed by atoms with Crippen molar-refractivity contribution in [1.82, 2.24) is 0 Å². The summed E-state index contributed by atoms with van der Waals surface area (Å²) in [5.41, 5.74) is 4.26. The summed E-state index contributed by atoms with van der Waals surface area (Å²) < 4.78 is 0. The third kappa shape index (κ3) is 2.99. The molecule has 4 aliphatic carbocycles. The molecule has 0 radical (unpaired) electrons. The molecule has 0 spiro atoms. The van der Waals surface area contributed by atoms with Crippen LogP contribution >= 0.6 is 0 Å². The first-order valence-electron chi connectivity index (χ1n) is 13.9. The van der Waals surface area contributed by atoms with E-state index in [1.54, 1.807) is 24.3 Å². The first-order chi connectivity index (χ1) is 19.6. The number of nitrogens with zero attached hydrogens (tertiary/aromatic N) is 2. The Bertz CT molecular complexity index is 1640. The van der Waals surface area contributed by atoms with Gasteiger partial charge in [0.25, 0.3) is 0 Å². The maximum atomic E-state index is 14.1. The minimum absolute atomic E-state index is 0.180. The number of carbonyl (C=O) groups is 4. The van der Waals surface area contributed by atoms with Crippen LogP contribution in [-0.4, -0.2) is 23.6 Å². The summed E-state index contributed by atoms with van der Waals surface area (Å²) in [5.74, 6) is -3.88. The second kappa shape index (κ2) is 8.46. The van der Waals surface area contributed by atoms with E-state index in [2.05, 4.69) is 6.08 Å². The second-order valence-electron chi connectivity index (χ2n) is 11.4. The number of carbonyl (C=O) groups excluding carboxylic acids is 4. The lowest BCUT2D eigenvalue weighted by molar-refractivity contribution is -0.129. The molecule has 2 heterocycles. The summed E-state index contributed by atoms with van der Waals surface area (Å²) in [4.78, 5) is 58.7. The van der Waals surface area contributed by atoms with Crippen molar-refractivity contribution in [3.63, 3.8) is 0 Å². The van der Waals surface area contributed by atoms with Crippen LogP contribution in [0.15, 0.2) is 109 Å². The molecule has 2 bridgehead atoms. The Kier molecular flexibility index (Phi) is 4.93. The quantitative estimate of drug-likeness (QED) is 0.360. The highest BCUT2D eigenvalue weighted by atomic mass is 16.2. The van der Waals surface area contributed by atoms with E-state index in [0.717, 1.165) is 16.7 Å². The molecule has 3 fully saturated rings. The predicted molar refractivity (Wildman–Crippen MR) is 149 cm³/mol. The molecule has 9 rings (SSSR count). The van der Waals surface area contributed by atoms with E-state index in [0.29, 0.717) is 17.8 Å². The summed E-state index contributed by atoms with van der Waals surface area (Å²) in [7, 11) is 0. The average Bonchev–Trinajstić information content (AvgIpc) is 3.43. The summed E-state index contributed by atoms with van der Waals surface area (Å²) >= 11 is 0. The molecule has 6 aliphatic rings. The van der Waals surface area contributed by atoms with E-state index in [9.17, 15) is 19.2 Å². The number of para-hydroxylation sites is 2. The van der Waals surface area contributed by atoms with E-state index in [-0.39, 0.29) is 41.4 Å². The first kappa shape index (κ1) is 23.3. The number of hydrogen-bond donors (Lipinski definition) is 0. The van der Waals surface area contributed by atoms with Gasteiger partial charge in [-0.05, 0) is 47.7 Å². The predicted octanol–water partition coefficient (Wildman–Crippen LogP) is 4.89. The molecular formula is C34H26N2O4. The van der Waals surface area contributed by atoms with Crippen LogP contribution in [0.4, 0.5) is 11.4 Å². The standard InChI is InChI=1S/C34H26N2O4/c37-31-25-18-24(19-10-4-1-5-11-19)26-22-16-17-23(27(26)30(25)34(40)35(31)20-12-6-2-7-13-20)29-28(22)32(38)36(33(29)39)21-14-8-3-9-15-21/h1-17,22-23,25,27-30H,18H2/t22-,23-,25-,27+,28-,29-,30+/m1/s1. The molecule has 196 valence electrons. The first-order valence-corrected chi connectivity index (χ1v) is 13.9. The zero-order chi connectivity index (χ0) is 27.1. The minimum Gasteiger partial charge on any atom is -0.274 e. The Hall–Kier alpha value is -4.58. The van der Waals surface area contributed by atoms with Crippen molar-refractivity contribution in [3.05, 3.63) is 114 Å². The van der Waals surface area contributed by atoms with Gasteiger partial charge in [0.05, 0.1) is 35.0 Å². The van der Waals surface area contributed by atoms with Crippen molar-refractivity contribution in [1.29, 1.82) is 0 Å². The van der Waals surface area contributed by atoms with Crippen molar-refractivity contribution in [2.45, 2.75) is 6.42 Å². The molecule has 6 heteroatoms. The molecular weight excluding hydrogens is 500 g/mol. The number of amides is 4. The van der Waals surface area contributed by atoms with Crippen molar-refractivity contribution < 1.29 is 19.2 Å². The van der Waals surface area contributed by atoms with Gasteiger partial charge < -0.3 is 0 Å². The fourth-order valence-corrected chi connectivity index (χ4v) is 8.18. The third-order valence-corrected chi connectivity index (χ3v) is 9.66. The molecule has 4 amide bonds. The lowest BCUT2D eigenvalue weighted by Crippen LogP contribution is -2.51. The number of allylic oxidation sites excluding steroid dienone is 4. The lowest BCUT2D eigenvalue weighted by Gasteiger charge is -2.51. The van der Waals surface area contributed by atoms with Crippen molar-refractivity contribution in [2.24, 2.45) is 41.4 Å². The van der Waals surface area contributed by atoms with Crippen LogP contribution in [0.3, 0.4) is 0 Å². The molecule has 6 nitrogen and oxygen atoms in total. The highest BCUT2D eigenvalue weighted by molar-refractivity contribution is 6.24. The van der Waals surface area contributed by atoms with E-state index < -0.39 is 23.7 Å². The molecule has 3 aromatic rings. The Morgan fingerprint density at radius 2 is 1.05 bits per heavy atom. The van der Waals surface area contributed by atoms with Gasteiger partial charge in [0.15, 0.2) is 0 Å². The highest BCUT2D eigenvalue weighted by Crippen LogP contribution is 2.63. The molecule has 2 aliphatic heterocycles. The zero-order valence-corrected chi connectivity index (χ0v) is 21.6. The van der Waals surface area contributed by atoms with Crippen LogP contribution in [0.2, 0.25) is 0 Å². The van der Waals surface area contributed by atoms with Gasteiger partial charge in [-0.25, -0.2) is 0 Å². The molecule has 3 aromatic carbocycles. The topological polar surface area (TPSA) is 74.8 Å². The van der Waals surface area contributed by atoms with Gasteiger partial charge in [0.1, 0.15) is 0 Å². The number of rotatable bonds is 3. The largest absolute Gasteiger partial charge is 0.274 e. The van der Waals surface area contributed by atoms with Gasteiger partial charge >= 0.3 is 0 Å². The van der Waals surface area contributed by atoms with Gasteiger partial charge in [-0.3, -0.25) is 29.0 Å². The highest BCUT2D eigenvalue weighted by Gasteiger charge is 2.67. The minimum atomic E-state index is -0.567. The smallest absolute Gasteiger partial charge is 0.238 e. The monoisotopic (exact) mass is 526 g/mol. The summed E-state index contributed by atoms with van der Waals surface area (Å²) in [6.07, 6.45) is 4.57. The van der Waals surface area contributed by atoms with Crippen LogP contribution < -0.4 is 9.80 Å². The summed E-state index contributed by atoms with van der Waals surface area (Å²) in [6, 6.07) is 28.2. The summed E-state index contributed by atoms with van der Waals surface area (Å²) in [5, 5.41) is 0. The number of hydrogen-bond acceptors (Lipinski definition) is 4. The van der Waals surface area contributed by atoms with Gasteiger partial charge in [-0.1, -0.05) is 84.5 Å². The Labute approximate surface area is 231 Å². The molecule has 0 N–H and O–H groups in total. The normalized spacial score (nSPS) is 32.0. The van der Waals surface area contributed by atoms with E-state index in [4.69, 9.17) is 0 Å². The van der Waals surface area contributed by atoms with Crippen LogP contribution in [0.5, 0.6) is 0 Å². The Balaban J connectivity index is 1.30. The fraction of sp³-hybridized carbons (Fsp3) is 0.235. The van der Waals surface area contributed by atoms with E-state index in [1.165, 1.54) is 9.80 Å². The number of anilines is 2. The lowest BCUT2D eigenvalue weighted by atomic mass is 9.49. The maximum absolute atomic E-state index is 14.1. The number of benzene rings is 3. The molecule has 0 unspecified atom stereocenters. The van der Waals surface area contributed by atoms with Crippen molar-refractivity contribution >= 4 is 40.6 Å². The van der Waals surface area contributed by atoms with E-state index in [1.807, 2.05) is 72.8 Å². The fourth-order valence-electron chi connectivity index (χ4n) is 8.18. The Morgan fingerprint density at radius 1 is 0.525 bits per heavy atom. The second-order valence-corrected chi connectivity index (χ2v) is 11.4. The van der Waals surface area contributed by atoms with Crippen molar-refractivity contribution in [3.8, 4) is 0 Å². The van der Waals surface area contributed by atoms with Gasteiger partial charge in [0.2, 0.25) is 23.6 Å². The molecule has 0 aromatic heterocycles. The maximum Gasteiger partial charge on any atom is 0.238 e. The molecule has 1 saturated carbocycles. The van der Waals surface area contributed by atoms with Crippen LogP contribution in [-0.2, 0) is 19.2 Å². The van der Waals surface area contributed by atoms with Crippen LogP contribution in [0.1, 0.15) is 12.0 Å². The number of fused-ring (bicyclic) bond motifs is 1. The SMILES string of the molecule is O=C1[C@@H]2[C@@H]3C=C[C@H](C4=C(c5ccccc5)C[C@H]5C(=O)N(c6ccccc6)C(=O)[C@@H]5[C@H]43)[C@H]2C(=O)N1c1ccccc1. The molecule has 7 atom stereocenters. The Morgan fingerprint density at radius 3 is 1.68 bits per heavy atom.